The van der Waals surface area contributed by atoms with Crippen molar-refractivity contribution >= 4 is 40.1 Å². The number of fused-ring (bicyclic) bond motifs is 1. The number of hydrogen-bond acceptors (Lipinski definition) is 6. The molecule has 33 heavy (non-hydrogen) atoms. The number of benzene rings is 2. The molecular weight excluding hydrogens is 420 g/mol. The summed E-state index contributed by atoms with van der Waals surface area (Å²) in [4.78, 5) is 43.9. The van der Waals surface area contributed by atoms with Crippen LogP contribution in [0.15, 0.2) is 82.5 Å². The van der Waals surface area contributed by atoms with Crippen LogP contribution in [0, 0.1) is 0 Å². The molecular formula is C24H22N6O3. The third kappa shape index (κ3) is 5.16. The number of rotatable bonds is 7. The van der Waals surface area contributed by atoms with Gasteiger partial charge in [0, 0.05) is 25.4 Å². The van der Waals surface area contributed by atoms with Crippen molar-refractivity contribution in [1.82, 2.24) is 14.5 Å². The van der Waals surface area contributed by atoms with Gasteiger partial charge in [-0.2, -0.15) is 0 Å². The van der Waals surface area contributed by atoms with E-state index in [0.29, 0.717) is 34.6 Å². The summed E-state index contributed by atoms with van der Waals surface area (Å²) in [5.41, 5.74) is 7.32. The van der Waals surface area contributed by atoms with Gasteiger partial charge in [-0.05, 0) is 48.0 Å². The molecule has 0 atom stereocenters. The first-order valence-electron chi connectivity index (χ1n) is 10.3. The van der Waals surface area contributed by atoms with Gasteiger partial charge in [-0.3, -0.25) is 14.2 Å². The Morgan fingerprint density at radius 3 is 2.64 bits per heavy atom. The smallest absolute Gasteiger partial charge is 0.328 e. The van der Waals surface area contributed by atoms with Gasteiger partial charge in [0.2, 0.25) is 5.91 Å². The van der Waals surface area contributed by atoms with Crippen LogP contribution in [-0.4, -0.2) is 27.0 Å². The van der Waals surface area contributed by atoms with Crippen LogP contribution in [0.3, 0.4) is 0 Å². The second-order valence-corrected chi connectivity index (χ2v) is 7.25. The second kappa shape index (κ2) is 9.65. The average Bonchev–Trinajstić information content (AvgIpc) is 2.82. The summed E-state index contributed by atoms with van der Waals surface area (Å²) in [7, 11) is 0. The Kier molecular flexibility index (Phi) is 6.31. The zero-order valence-corrected chi connectivity index (χ0v) is 17.6. The van der Waals surface area contributed by atoms with E-state index in [1.54, 1.807) is 72.9 Å². The minimum Gasteiger partial charge on any atom is -0.397 e. The molecule has 0 bridgehead atoms. The van der Waals surface area contributed by atoms with Crippen LogP contribution in [0.25, 0.3) is 17.0 Å². The monoisotopic (exact) mass is 442 g/mol. The second-order valence-electron chi connectivity index (χ2n) is 7.25. The summed E-state index contributed by atoms with van der Waals surface area (Å²) in [6, 6.07) is 17.5. The number of carbonyl (C=O) groups is 1. The maximum Gasteiger partial charge on any atom is 0.328 e. The van der Waals surface area contributed by atoms with E-state index in [0.717, 1.165) is 10.1 Å². The van der Waals surface area contributed by atoms with E-state index >= 15 is 0 Å². The van der Waals surface area contributed by atoms with Crippen LogP contribution in [0.1, 0.15) is 5.56 Å². The quantitative estimate of drug-likeness (QED) is 0.256. The van der Waals surface area contributed by atoms with Gasteiger partial charge in [-0.1, -0.05) is 24.3 Å². The number of aromatic nitrogens is 3. The van der Waals surface area contributed by atoms with Gasteiger partial charge in [0.05, 0.1) is 22.3 Å². The molecule has 0 radical (unpaired) electrons. The number of nitrogens with two attached hydrogens (primary N) is 1. The molecule has 4 rings (SSSR count). The predicted molar refractivity (Wildman–Crippen MR) is 130 cm³/mol. The lowest BCUT2D eigenvalue weighted by atomic mass is 10.2. The minimum atomic E-state index is -0.454. The summed E-state index contributed by atoms with van der Waals surface area (Å²) in [5, 5.41) is 6.27. The molecule has 0 fully saturated rings. The fraction of sp³-hybridized carbons (Fsp3) is 0.0833. The Labute approximate surface area is 188 Å². The van der Waals surface area contributed by atoms with Crippen LogP contribution in [0.5, 0.6) is 0 Å². The Morgan fingerprint density at radius 1 is 1.06 bits per heavy atom. The molecule has 0 spiro atoms. The third-order valence-electron chi connectivity index (χ3n) is 4.96. The summed E-state index contributed by atoms with van der Waals surface area (Å²) >= 11 is 0. The number of carbonyl (C=O) groups excluding carboxylic acids is 1. The van der Waals surface area contributed by atoms with Gasteiger partial charge >= 0.3 is 5.69 Å². The molecule has 2 heterocycles. The Balaban J connectivity index is 1.34. The fourth-order valence-corrected chi connectivity index (χ4v) is 3.26. The Hall–Kier alpha value is -4.66. The van der Waals surface area contributed by atoms with Crippen LogP contribution >= 0.6 is 0 Å². The topological polar surface area (TPSA) is 135 Å². The zero-order valence-electron chi connectivity index (χ0n) is 17.6. The number of nitrogens with zero attached hydrogens (tertiary/aromatic N) is 2. The van der Waals surface area contributed by atoms with Gasteiger partial charge in [0.25, 0.3) is 5.56 Å². The highest BCUT2D eigenvalue weighted by atomic mass is 16.2. The number of hydrogen-bond donors (Lipinski definition) is 4. The highest BCUT2D eigenvalue weighted by molar-refractivity contribution is 6.03. The molecule has 0 saturated carbocycles. The highest BCUT2D eigenvalue weighted by Crippen LogP contribution is 2.16. The summed E-state index contributed by atoms with van der Waals surface area (Å²) in [6.07, 6.45) is 4.65. The predicted octanol–water partition coefficient (Wildman–Crippen LogP) is 2.43. The average molecular weight is 442 g/mol. The summed E-state index contributed by atoms with van der Waals surface area (Å²) in [5.74, 6) is 0.278. The third-order valence-corrected chi connectivity index (χ3v) is 4.96. The SMILES string of the molecule is Nc1ccccc1NC(=O)C=Cc1ccc(NCCn2c(=O)[nH]c3ccccc3c2=O)nc1. The van der Waals surface area contributed by atoms with Crippen LogP contribution in [-0.2, 0) is 11.3 Å². The summed E-state index contributed by atoms with van der Waals surface area (Å²) < 4.78 is 1.16. The van der Waals surface area contributed by atoms with Crippen LogP contribution in [0.4, 0.5) is 17.2 Å². The van der Waals surface area contributed by atoms with Crippen LogP contribution < -0.4 is 27.6 Å². The minimum absolute atomic E-state index is 0.186. The van der Waals surface area contributed by atoms with E-state index < -0.39 is 5.69 Å². The molecule has 2 aromatic carbocycles. The molecule has 5 N–H and O–H groups in total. The molecule has 4 aromatic rings. The summed E-state index contributed by atoms with van der Waals surface area (Å²) in [6.45, 7) is 0.523. The molecule has 166 valence electrons. The molecule has 0 aliphatic rings. The number of amides is 1. The van der Waals surface area contributed by atoms with E-state index in [4.69, 9.17) is 5.73 Å². The van der Waals surface area contributed by atoms with Crippen molar-refractivity contribution in [3.63, 3.8) is 0 Å². The Bertz CT molecular complexity index is 1440. The van der Waals surface area contributed by atoms with Crippen molar-refractivity contribution in [2.45, 2.75) is 6.54 Å². The maximum atomic E-state index is 12.5. The molecule has 0 unspecified atom stereocenters. The largest absolute Gasteiger partial charge is 0.397 e. The van der Waals surface area contributed by atoms with Gasteiger partial charge in [-0.25, -0.2) is 9.78 Å². The highest BCUT2D eigenvalue weighted by Gasteiger charge is 2.07. The molecule has 0 aliphatic carbocycles. The number of aromatic amines is 1. The first kappa shape index (κ1) is 21.6. The number of nitrogen functional groups attached to an aromatic ring is 1. The van der Waals surface area contributed by atoms with Crippen molar-refractivity contribution in [1.29, 1.82) is 0 Å². The van der Waals surface area contributed by atoms with Crippen LogP contribution in [0.2, 0.25) is 0 Å². The van der Waals surface area contributed by atoms with Crippen molar-refractivity contribution in [2.24, 2.45) is 0 Å². The lowest BCUT2D eigenvalue weighted by Gasteiger charge is -2.08. The molecule has 2 aromatic heterocycles. The standard InChI is InChI=1S/C24H22N6O3/c25-18-6-2-4-8-20(18)28-22(31)12-10-16-9-11-21(27-15-16)26-13-14-30-23(32)17-5-1-3-7-19(17)29-24(30)33/h1-12,15H,13-14,25H2,(H,26,27)(H,28,31)(H,29,33). The molecule has 0 saturated heterocycles. The van der Waals surface area contributed by atoms with E-state index in [1.807, 2.05) is 0 Å². The van der Waals surface area contributed by atoms with E-state index in [9.17, 15) is 14.4 Å². The van der Waals surface area contributed by atoms with Crippen molar-refractivity contribution in [2.75, 3.05) is 22.9 Å². The first-order valence-corrected chi connectivity index (χ1v) is 10.3. The normalized spacial score (nSPS) is 11.0. The van der Waals surface area contributed by atoms with Gasteiger partial charge in [0.1, 0.15) is 5.82 Å². The van der Waals surface area contributed by atoms with E-state index in [2.05, 4.69) is 20.6 Å². The van der Waals surface area contributed by atoms with Gasteiger partial charge in [-0.15, -0.1) is 0 Å². The van der Waals surface area contributed by atoms with Crippen molar-refractivity contribution < 1.29 is 4.79 Å². The number of H-pyrrole nitrogens is 1. The maximum absolute atomic E-state index is 12.5. The number of pyridine rings is 1. The van der Waals surface area contributed by atoms with Gasteiger partial charge < -0.3 is 21.4 Å². The fourth-order valence-electron chi connectivity index (χ4n) is 3.26. The number of para-hydroxylation sites is 3. The molecule has 9 nitrogen and oxygen atoms in total. The molecule has 1 amide bonds. The van der Waals surface area contributed by atoms with Crippen molar-refractivity contribution in [3.8, 4) is 0 Å². The molecule has 9 heteroatoms. The first-order chi connectivity index (χ1) is 16.0. The molecule has 0 aliphatic heterocycles. The lowest BCUT2D eigenvalue weighted by Crippen LogP contribution is -2.36. The van der Waals surface area contributed by atoms with E-state index in [1.165, 1.54) is 6.08 Å². The van der Waals surface area contributed by atoms with E-state index in [-0.39, 0.29) is 18.0 Å². The van der Waals surface area contributed by atoms with Gasteiger partial charge in [0.15, 0.2) is 0 Å². The lowest BCUT2D eigenvalue weighted by molar-refractivity contribution is -0.111. The zero-order chi connectivity index (χ0) is 23.2. The number of anilines is 3. The number of nitrogens with one attached hydrogen (secondary N) is 3. The Morgan fingerprint density at radius 2 is 1.85 bits per heavy atom. The van der Waals surface area contributed by atoms with Crippen molar-refractivity contribution in [3.05, 3.63) is 99.3 Å².